The van der Waals surface area contributed by atoms with Gasteiger partial charge in [0.05, 0.1) is 26.8 Å². The second-order valence-corrected chi connectivity index (χ2v) is 7.85. The maximum absolute atomic E-state index is 12.3. The molecule has 0 radical (unpaired) electrons. The number of nitrogens with one attached hydrogen (secondary N) is 4. The Balaban J connectivity index is 4.58. The van der Waals surface area contributed by atoms with Crippen molar-refractivity contribution in [2.24, 2.45) is 5.73 Å². The van der Waals surface area contributed by atoms with Gasteiger partial charge in [0.25, 0.3) is 0 Å². The molecule has 6 N–H and O–H groups in total. The highest BCUT2D eigenvalue weighted by molar-refractivity contribution is 7.80. The SMILES string of the molecule is COC(=O)[C@H](CS)NC(=O)CNC(=O)[C@H](CS)NC(=O)CC[C@H](N)C(=O)N[C@@H](CS)C(=O)OC. The van der Waals surface area contributed by atoms with E-state index < -0.39 is 66.3 Å². The molecule has 16 heteroatoms. The van der Waals surface area contributed by atoms with E-state index in [1.807, 2.05) is 0 Å². The lowest BCUT2D eigenvalue weighted by Gasteiger charge is -2.19. The van der Waals surface area contributed by atoms with Gasteiger partial charge < -0.3 is 36.5 Å². The number of hydrogen-bond donors (Lipinski definition) is 8. The van der Waals surface area contributed by atoms with E-state index >= 15 is 0 Å². The predicted molar refractivity (Wildman–Crippen MR) is 132 cm³/mol. The fraction of sp³-hybridized carbons (Fsp3) is 0.667. The number of hydrogen-bond acceptors (Lipinski definition) is 12. The Labute approximate surface area is 213 Å². The highest BCUT2D eigenvalue weighted by atomic mass is 32.1. The first kappa shape index (κ1) is 31.8. The van der Waals surface area contributed by atoms with Crippen LogP contribution >= 0.6 is 37.9 Å². The fourth-order valence-electron chi connectivity index (χ4n) is 2.34. The summed E-state index contributed by atoms with van der Waals surface area (Å²) in [5.41, 5.74) is 5.75. The number of esters is 2. The quantitative estimate of drug-likeness (QED) is 0.0778. The average Bonchev–Trinajstić information content (AvgIpc) is 2.84. The first-order valence-electron chi connectivity index (χ1n) is 9.95. The molecular weight excluding hydrogens is 510 g/mol. The normalized spacial score (nSPS) is 13.9. The first-order chi connectivity index (χ1) is 16.0. The third-order valence-electron chi connectivity index (χ3n) is 4.26. The van der Waals surface area contributed by atoms with Crippen molar-refractivity contribution in [3.63, 3.8) is 0 Å². The van der Waals surface area contributed by atoms with Crippen molar-refractivity contribution in [1.29, 1.82) is 0 Å². The molecule has 0 saturated carbocycles. The highest BCUT2D eigenvalue weighted by Gasteiger charge is 2.25. The van der Waals surface area contributed by atoms with Crippen molar-refractivity contribution in [2.45, 2.75) is 37.0 Å². The van der Waals surface area contributed by atoms with E-state index in [-0.39, 0.29) is 30.1 Å². The second-order valence-electron chi connectivity index (χ2n) is 6.76. The number of carbonyl (C=O) groups excluding carboxylic acids is 6. The smallest absolute Gasteiger partial charge is 0.329 e. The molecule has 0 unspecified atom stereocenters. The minimum atomic E-state index is -1.10. The molecule has 34 heavy (non-hydrogen) atoms. The van der Waals surface area contributed by atoms with Crippen molar-refractivity contribution in [3.05, 3.63) is 0 Å². The first-order valence-corrected chi connectivity index (χ1v) is 11.8. The van der Waals surface area contributed by atoms with Crippen LogP contribution in [-0.4, -0.2) is 97.8 Å². The topological polar surface area (TPSA) is 195 Å². The van der Waals surface area contributed by atoms with Gasteiger partial charge in [-0.1, -0.05) is 0 Å². The summed E-state index contributed by atoms with van der Waals surface area (Å²) in [6.07, 6.45) is -0.265. The summed E-state index contributed by atoms with van der Waals surface area (Å²) >= 11 is 11.9. The molecule has 0 rings (SSSR count). The summed E-state index contributed by atoms with van der Waals surface area (Å²) in [6.45, 7) is -0.461. The number of ether oxygens (including phenoxy) is 2. The van der Waals surface area contributed by atoms with E-state index in [4.69, 9.17) is 5.73 Å². The van der Waals surface area contributed by atoms with Crippen LogP contribution in [0.1, 0.15) is 12.8 Å². The van der Waals surface area contributed by atoms with Crippen LogP contribution in [-0.2, 0) is 38.2 Å². The molecule has 0 aliphatic heterocycles. The Kier molecular flexibility index (Phi) is 16.2. The molecule has 0 aliphatic rings. The standard InChI is InChI=1S/C18H31N5O8S3/c1-30-17(28)11(7-33)22-14(25)5-20-16(27)10(6-32)21-13(24)4-3-9(19)15(26)23-12(8-34)18(29)31-2/h9-12,32-34H,3-8,19H2,1-2H3,(H,20,27)(H,21,24)(H,22,25)(H,23,26)/t9-,10-,11-,12-/m0/s1. The van der Waals surface area contributed by atoms with Crippen LogP contribution < -0.4 is 27.0 Å². The van der Waals surface area contributed by atoms with Gasteiger partial charge in [-0.05, 0) is 6.42 Å². The number of rotatable bonds is 15. The van der Waals surface area contributed by atoms with Crippen LogP contribution in [0, 0.1) is 0 Å². The molecule has 4 amide bonds. The summed E-state index contributed by atoms with van der Waals surface area (Å²) in [5, 5.41) is 9.46. The number of amides is 4. The zero-order valence-electron chi connectivity index (χ0n) is 18.7. The van der Waals surface area contributed by atoms with Crippen LogP contribution in [0.3, 0.4) is 0 Å². The molecule has 0 aromatic rings. The number of thiol groups is 3. The molecule has 0 spiro atoms. The third-order valence-corrected chi connectivity index (χ3v) is 5.36. The van der Waals surface area contributed by atoms with Gasteiger partial charge in [0, 0.05) is 23.7 Å². The number of methoxy groups -OCH3 is 2. The molecule has 13 nitrogen and oxygen atoms in total. The zero-order valence-corrected chi connectivity index (χ0v) is 21.4. The monoisotopic (exact) mass is 541 g/mol. The Morgan fingerprint density at radius 2 is 1.21 bits per heavy atom. The Morgan fingerprint density at radius 3 is 1.68 bits per heavy atom. The van der Waals surface area contributed by atoms with Crippen LogP contribution in [0.25, 0.3) is 0 Å². The lowest BCUT2D eigenvalue weighted by Crippen LogP contribution is -2.52. The van der Waals surface area contributed by atoms with Gasteiger partial charge in [-0.25, -0.2) is 9.59 Å². The summed E-state index contributed by atoms with van der Waals surface area (Å²) in [5.74, 6) is -4.04. The molecule has 0 aromatic heterocycles. The molecule has 0 fully saturated rings. The molecule has 0 bridgehead atoms. The summed E-state index contributed by atoms with van der Waals surface area (Å²) in [4.78, 5) is 71.4. The lowest BCUT2D eigenvalue weighted by molar-refractivity contribution is -0.144. The van der Waals surface area contributed by atoms with Gasteiger partial charge in [0.15, 0.2) is 0 Å². The maximum atomic E-state index is 12.3. The number of nitrogens with two attached hydrogens (primary N) is 1. The number of carbonyl (C=O) groups is 6. The van der Waals surface area contributed by atoms with Gasteiger partial charge in [-0.3, -0.25) is 19.2 Å². The van der Waals surface area contributed by atoms with E-state index in [0.29, 0.717) is 0 Å². The van der Waals surface area contributed by atoms with Crippen molar-refractivity contribution < 1.29 is 38.2 Å². The van der Waals surface area contributed by atoms with E-state index in [9.17, 15) is 28.8 Å². The highest BCUT2D eigenvalue weighted by Crippen LogP contribution is 2.00. The van der Waals surface area contributed by atoms with Gasteiger partial charge >= 0.3 is 11.9 Å². The fourth-order valence-corrected chi connectivity index (χ4v) is 3.07. The van der Waals surface area contributed by atoms with Gasteiger partial charge in [-0.2, -0.15) is 37.9 Å². The summed E-state index contributed by atoms with van der Waals surface area (Å²) in [7, 11) is 2.32. The van der Waals surface area contributed by atoms with Crippen LogP contribution in [0.2, 0.25) is 0 Å². The van der Waals surface area contributed by atoms with E-state index in [2.05, 4.69) is 68.6 Å². The van der Waals surface area contributed by atoms with Gasteiger partial charge in [-0.15, -0.1) is 0 Å². The van der Waals surface area contributed by atoms with Gasteiger partial charge in [0.1, 0.15) is 18.1 Å². The Hall–Kier alpha value is -2.17. The molecular formula is C18H31N5O8S3. The molecule has 194 valence electrons. The average molecular weight is 542 g/mol. The molecule has 0 saturated heterocycles. The van der Waals surface area contributed by atoms with Crippen LogP contribution in [0.5, 0.6) is 0 Å². The predicted octanol–water partition coefficient (Wildman–Crippen LogP) is -3.20. The van der Waals surface area contributed by atoms with Crippen molar-refractivity contribution in [2.75, 3.05) is 38.0 Å². The molecule has 0 aliphatic carbocycles. The molecule has 0 heterocycles. The van der Waals surface area contributed by atoms with E-state index in [0.717, 1.165) is 14.2 Å². The second kappa shape index (κ2) is 17.3. The summed E-state index contributed by atoms with van der Waals surface area (Å²) < 4.78 is 9.05. The van der Waals surface area contributed by atoms with Crippen molar-refractivity contribution >= 4 is 73.5 Å². The minimum absolute atomic E-state index is 0.000169. The lowest BCUT2D eigenvalue weighted by atomic mass is 10.1. The minimum Gasteiger partial charge on any atom is -0.467 e. The van der Waals surface area contributed by atoms with Crippen molar-refractivity contribution in [3.8, 4) is 0 Å². The van der Waals surface area contributed by atoms with Crippen molar-refractivity contribution in [1.82, 2.24) is 21.3 Å². The van der Waals surface area contributed by atoms with E-state index in [1.165, 1.54) is 0 Å². The molecule has 0 aromatic carbocycles. The maximum Gasteiger partial charge on any atom is 0.329 e. The Morgan fingerprint density at radius 1 is 0.735 bits per heavy atom. The third kappa shape index (κ3) is 11.8. The van der Waals surface area contributed by atoms with Crippen LogP contribution in [0.15, 0.2) is 0 Å². The van der Waals surface area contributed by atoms with E-state index in [1.54, 1.807) is 0 Å². The van der Waals surface area contributed by atoms with Gasteiger partial charge in [0.2, 0.25) is 23.6 Å². The molecule has 4 atom stereocenters. The van der Waals surface area contributed by atoms with Crippen LogP contribution in [0.4, 0.5) is 0 Å². The zero-order chi connectivity index (χ0) is 26.3. The largest absolute Gasteiger partial charge is 0.467 e. The Bertz CT molecular complexity index is 742. The summed E-state index contributed by atoms with van der Waals surface area (Å²) in [6, 6.07) is -4.12.